The molecule has 0 saturated heterocycles. The summed E-state index contributed by atoms with van der Waals surface area (Å²) in [5.41, 5.74) is 3.58. The Hall–Kier alpha value is -2.63. The number of rotatable bonds is 8. The Morgan fingerprint density at radius 2 is 1.75 bits per heavy atom. The zero-order valence-electron chi connectivity index (χ0n) is 16.2. The zero-order valence-corrected chi connectivity index (χ0v) is 17.0. The van der Waals surface area contributed by atoms with Gasteiger partial charge < -0.3 is 5.32 Å². The van der Waals surface area contributed by atoms with Crippen molar-refractivity contribution in [1.29, 1.82) is 0 Å². The molecule has 1 aromatic heterocycles. The molecule has 146 valence electrons. The Morgan fingerprint density at radius 3 is 2.43 bits per heavy atom. The molecule has 1 amide bonds. The van der Waals surface area contributed by atoms with E-state index in [1.807, 2.05) is 18.2 Å². The van der Waals surface area contributed by atoms with E-state index in [9.17, 15) is 4.79 Å². The summed E-state index contributed by atoms with van der Waals surface area (Å²) < 4.78 is 1.61. The van der Waals surface area contributed by atoms with Gasteiger partial charge >= 0.3 is 0 Å². The Labute approximate surface area is 170 Å². The van der Waals surface area contributed by atoms with Gasteiger partial charge in [-0.25, -0.2) is 4.68 Å². The number of hydrogen-bond acceptors (Lipinski definition) is 3. The van der Waals surface area contributed by atoms with Crippen LogP contribution in [0.2, 0.25) is 5.02 Å². The summed E-state index contributed by atoms with van der Waals surface area (Å²) in [4.78, 5) is 14.8. The lowest BCUT2D eigenvalue weighted by atomic mass is 10.1. The first-order chi connectivity index (χ1) is 13.6. The van der Waals surface area contributed by atoms with Crippen molar-refractivity contribution in [3.8, 4) is 5.69 Å². The van der Waals surface area contributed by atoms with Crippen molar-refractivity contribution in [2.45, 2.75) is 26.9 Å². The second kappa shape index (κ2) is 9.53. The molecule has 6 heteroatoms. The minimum atomic E-state index is -0.162. The topological polar surface area (TPSA) is 50.2 Å². The summed E-state index contributed by atoms with van der Waals surface area (Å²) >= 11 is 6.19. The average Bonchev–Trinajstić information content (AvgIpc) is 3.21. The molecule has 28 heavy (non-hydrogen) atoms. The van der Waals surface area contributed by atoms with E-state index in [4.69, 9.17) is 11.6 Å². The van der Waals surface area contributed by atoms with Gasteiger partial charge in [0, 0.05) is 19.3 Å². The van der Waals surface area contributed by atoms with E-state index in [0.717, 1.165) is 30.9 Å². The van der Waals surface area contributed by atoms with Gasteiger partial charge in [0.25, 0.3) is 5.91 Å². The molecule has 0 radical (unpaired) electrons. The van der Waals surface area contributed by atoms with Crippen molar-refractivity contribution < 1.29 is 4.79 Å². The molecule has 0 saturated carbocycles. The number of aromatic nitrogens is 2. The molecular formula is C22H25ClN4O. The van der Waals surface area contributed by atoms with Gasteiger partial charge in [0.2, 0.25) is 0 Å². The first-order valence-corrected chi connectivity index (χ1v) is 9.86. The quantitative estimate of drug-likeness (QED) is 0.617. The predicted octanol–water partition coefficient (Wildman–Crippen LogP) is 4.30. The van der Waals surface area contributed by atoms with Crippen molar-refractivity contribution >= 4 is 17.5 Å². The van der Waals surface area contributed by atoms with E-state index >= 15 is 0 Å². The summed E-state index contributed by atoms with van der Waals surface area (Å²) in [5, 5.41) is 7.77. The minimum absolute atomic E-state index is 0.162. The molecule has 0 aliphatic carbocycles. The Bertz CT molecular complexity index is 916. The standard InChI is InChI=1S/C22H25ClN4O/c1-3-26(4-2)15-18-11-9-17(10-12-18)13-24-22(28)19-14-25-27(16-19)21-8-6-5-7-20(21)23/h5-12,14,16H,3-4,13,15H2,1-2H3,(H,24,28). The SMILES string of the molecule is CCN(CC)Cc1ccc(CNC(=O)c2cnn(-c3ccccc3Cl)c2)cc1. The van der Waals surface area contributed by atoms with Crippen molar-refractivity contribution in [3.63, 3.8) is 0 Å². The molecule has 3 rings (SSSR count). The molecule has 3 aromatic rings. The van der Waals surface area contributed by atoms with E-state index in [2.05, 4.69) is 53.4 Å². The maximum atomic E-state index is 12.4. The number of nitrogens with zero attached hydrogens (tertiary/aromatic N) is 3. The summed E-state index contributed by atoms with van der Waals surface area (Å²) in [5.74, 6) is -0.162. The lowest BCUT2D eigenvalue weighted by Crippen LogP contribution is -2.23. The van der Waals surface area contributed by atoms with E-state index in [-0.39, 0.29) is 5.91 Å². The van der Waals surface area contributed by atoms with E-state index in [1.54, 1.807) is 23.1 Å². The van der Waals surface area contributed by atoms with Crippen LogP contribution in [0.15, 0.2) is 60.9 Å². The van der Waals surface area contributed by atoms with E-state index in [0.29, 0.717) is 17.1 Å². The van der Waals surface area contributed by atoms with Gasteiger partial charge in [0.05, 0.1) is 22.5 Å². The molecule has 0 unspecified atom stereocenters. The monoisotopic (exact) mass is 396 g/mol. The highest BCUT2D eigenvalue weighted by atomic mass is 35.5. The third-order valence-electron chi connectivity index (χ3n) is 4.72. The van der Waals surface area contributed by atoms with Crippen molar-refractivity contribution in [2.24, 2.45) is 0 Å². The fourth-order valence-corrected chi connectivity index (χ4v) is 3.18. The number of carbonyl (C=O) groups is 1. The van der Waals surface area contributed by atoms with E-state index in [1.165, 1.54) is 5.56 Å². The zero-order chi connectivity index (χ0) is 19.9. The highest BCUT2D eigenvalue weighted by Gasteiger charge is 2.11. The molecule has 0 atom stereocenters. The maximum Gasteiger partial charge on any atom is 0.254 e. The third kappa shape index (κ3) is 5.00. The van der Waals surface area contributed by atoms with Crippen LogP contribution in [-0.2, 0) is 13.1 Å². The van der Waals surface area contributed by atoms with Gasteiger partial charge in [-0.05, 0) is 36.3 Å². The normalized spacial score (nSPS) is 11.0. The summed E-state index contributed by atoms with van der Waals surface area (Å²) in [6.45, 7) is 7.83. The van der Waals surface area contributed by atoms with Crippen LogP contribution in [0.5, 0.6) is 0 Å². The largest absolute Gasteiger partial charge is 0.348 e. The van der Waals surface area contributed by atoms with Gasteiger partial charge in [-0.15, -0.1) is 0 Å². The van der Waals surface area contributed by atoms with Crippen molar-refractivity contribution in [1.82, 2.24) is 20.0 Å². The number of para-hydroxylation sites is 1. The highest BCUT2D eigenvalue weighted by molar-refractivity contribution is 6.32. The van der Waals surface area contributed by atoms with Gasteiger partial charge in [-0.3, -0.25) is 9.69 Å². The van der Waals surface area contributed by atoms with Gasteiger partial charge in [-0.1, -0.05) is 61.8 Å². The summed E-state index contributed by atoms with van der Waals surface area (Å²) in [7, 11) is 0. The summed E-state index contributed by atoms with van der Waals surface area (Å²) in [6, 6.07) is 15.8. The first kappa shape index (κ1) is 20.1. The first-order valence-electron chi connectivity index (χ1n) is 9.48. The molecule has 2 aromatic carbocycles. The number of nitrogens with one attached hydrogen (secondary N) is 1. The fourth-order valence-electron chi connectivity index (χ4n) is 2.96. The Kier molecular flexibility index (Phi) is 6.85. The Balaban J connectivity index is 1.58. The number of amides is 1. The molecule has 1 heterocycles. The fraction of sp³-hybridized carbons (Fsp3) is 0.273. The van der Waals surface area contributed by atoms with Crippen LogP contribution in [0.25, 0.3) is 5.69 Å². The molecule has 0 spiro atoms. The average molecular weight is 397 g/mol. The maximum absolute atomic E-state index is 12.4. The molecular weight excluding hydrogens is 372 g/mol. The molecule has 0 fully saturated rings. The lowest BCUT2D eigenvalue weighted by Gasteiger charge is -2.18. The number of halogens is 1. The van der Waals surface area contributed by atoms with Gasteiger partial charge in [0.1, 0.15) is 0 Å². The molecule has 0 aliphatic heterocycles. The van der Waals surface area contributed by atoms with Crippen LogP contribution in [0.4, 0.5) is 0 Å². The molecule has 5 nitrogen and oxygen atoms in total. The van der Waals surface area contributed by atoms with Gasteiger partial charge in [0.15, 0.2) is 0 Å². The predicted molar refractivity (Wildman–Crippen MR) is 113 cm³/mol. The van der Waals surface area contributed by atoms with Crippen LogP contribution >= 0.6 is 11.6 Å². The molecule has 0 aliphatic rings. The smallest absolute Gasteiger partial charge is 0.254 e. The number of benzene rings is 2. The van der Waals surface area contributed by atoms with Crippen LogP contribution in [0, 0.1) is 0 Å². The molecule has 1 N–H and O–H groups in total. The van der Waals surface area contributed by atoms with Crippen molar-refractivity contribution in [3.05, 3.63) is 82.6 Å². The third-order valence-corrected chi connectivity index (χ3v) is 5.04. The number of hydrogen-bond donors (Lipinski definition) is 1. The van der Waals surface area contributed by atoms with Crippen molar-refractivity contribution in [2.75, 3.05) is 13.1 Å². The second-order valence-corrected chi connectivity index (χ2v) is 6.99. The van der Waals surface area contributed by atoms with Crippen LogP contribution in [0.3, 0.4) is 0 Å². The van der Waals surface area contributed by atoms with Crippen LogP contribution < -0.4 is 5.32 Å². The summed E-state index contributed by atoms with van der Waals surface area (Å²) in [6.07, 6.45) is 3.23. The minimum Gasteiger partial charge on any atom is -0.348 e. The second-order valence-electron chi connectivity index (χ2n) is 6.59. The van der Waals surface area contributed by atoms with Crippen LogP contribution in [-0.4, -0.2) is 33.7 Å². The number of carbonyl (C=O) groups excluding carboxylic acids is 1. The van der Waals surface area contributed by atoms with E-state index < -0.39 is 0 Å². The Morgan fingerprint density at radius 1 is 1.07 bits per heavy atom. The van der Waals surface area contributed by atoms with Gasteiger partial charge in [-0.2, -0.15) is 5.10 Å². The molecule has 0 bridgehead atoms. The lowest BCUT2D eigenvalue weighted by molar-refractivity contribution is 0.0951. The van der Waals surface area contributed by atoms with Crippen LogP contribution in [0.1, 0.15) is 35.3 Å². The highest BCUT2D eigenvalue weighted by Crippen LogP contribution is 2.19.